The Kier molecular flexibility index (Phi) is 3.32. The lowest BCUT2D eigenvalue weighted by atomic mass is 10.0. The van der Waals surface area contributed by atoms with Crippen LogP contribution in [-0.2, 0) is 12.8 Å². The molecular weight excluding hydrogens is 356 g/mol. The van der Waals surface area contributed by atoms with Crippen LogP contribution in [0.1, 0.15) is 30.5 Å². The molecule has 1 heterocycles. The first-order valence-electron chi connectivity index (χ1n) is 6.23. The van der Waals surface area contributed by atoms with Crippen LogP contribution < -0.4 is 5.73 Å². The number of fused-ring (bicyclic) bond motifs is 2. The number of nitrogens with two attached hydrogens (primary N) is 1. The van der Waals surface area contributed by atoms with Gasteiger partial charge in [-0.15, -0.1) is 0 Å². The van der Waals surface area contributed by atoms with Crippen LogP contribution in [-0.4, -0.2) is 4.98 Å². The van der Waals surface area contributed by atoms with E-state index in [1.165, 1.54) is 30.5 Å². The second kappa shape index (κ2) is 4.82. The second-order valence-corrected chi connectivity index (χ2v) is 6.47. The fourth-order valence-electron chi connectivity index (χ4n) is 2.67. The van der Waals surface area contributed by atoms with E-state index in [4.69, 9.17) is 10.7 Å². The monoisotopic (exact) mass is 368 g/mol. The SMILES string of the molecule is Nc1c2c(nc3c(Br)ccc(Br)c13)CCCCC2. The molecule has 0 atom stereocenters. The van der Waals surface area contributed by atoms with Gasteiger partial charge in [0.1, 0.15) is 0 Å². The van der Waals surface area contributed by atoms with E-state index in [9.17, 15) is 0 Å². The molecule has 4 heteroatoms. The van der Waals surface area contributed by atoms with E-state index in [-0.39, 0.29) is 0 Å². The van der Waals surface area contributed by atoms with Gasteiger partial charge in [0.15, 0.2) is 0 Å². The highest BCUT2D eigenvalue weighted by molar-refractivity contribution is 9.11. The zero-order valence-electron chi connectivity index (χ0n) is 9.97. The zero-order chi connectivity index (χ0) is 12.7. The summed E-state index contributed by atoms with van der Waals surface area (Å²) in [5.41, 5.74) is 10.7. The lowest BCUT2D eigenvalue weighted by molar-refractivity contribution is 0.709. The molecule has 2 aromatic rings. The van der Waals surface area contributed by atoms with Crippen molar-refractivity contribution < 1.29 is 0 Å². The van der Waals surface area contributed by atoms with Gasteiger partial charge in [-0.3, -0.25) is 4.98 Å². The Hall–Kier alpha value is -0.610. The van der Waals surface area contributed by atoms with Gasteiger partial charge in [0.05, 0.1) is 5.52 Å². The molecule has 1 aromatic heterocycles. The number of hydrogen-bond acceptors (Lipinski definition) is 2. The number of hydrogen-bond donors (Lipinski definition) is 1. The Balaban J connectivity index is 2.38. The second-order valence-electron chi connectivity index (χ2n) is 4.76. The van der Waals surface area contributed by atoms with Gasteiger partial charge in [0, 0.05) is 25.7 Å². The van der Waals surface area contributed by atoms with E-state index < -0.39 is 0 Å². The molecule has 0 saturated carbocycles. The van der Waals surface area contributed by atoms with Crippen molar-refractivity contribution in [2.45, 2.75) is 32.1 Å². The van der Waals surface area contributed by atoms with Crippen molar-refractivity contribution in [2.75, 3.05) is 5.73 Å². The molecule has 0 amide bonds. The van der Waals surface area contributed by atoms with E-state index in [0.29, 0.717) is 0 Å². The third-order valence-electron chi connectivity index (χ3n) is 3.61. The van der Waals surface area contributed by atoms with E-state index >= 15 is 0 Å². The van der Waals surface area contributed by atoms with Crippen LogP contribution in [0.4, 0.5) is 5.69 Å². The molecule has 0 saturated heterocycles. The van der Waals surface area contributed by atoms with Gasteiger partial charge in [-0.1, -0.05) is 22.4 Å². The van der Waals surface area contributed by atoms with Crippen LogP contribution in [0.5, 0.6) is 0 Å². The van der Waals surface area contributed by atoms with Crippen LogP contribution in [0.2, 0.25) is 0 Å². The minimum atomic E-state index is 0.907. The Morgan fingerprint density at radius 2 is 1.72 bits per heavy atom. The van der Waals surface area contributed by atoms with Gasteiger partial charge in [0.2, 0.25) is 0 Å². The maximum absolute atomic E-state index is 6.39. The van der Waals surface area contributed by atoms with Crippen LogP contribution in [0, 0.1) is 0 Å². The summed E-state index contributed by atoms with van der Waals surface area (Å²) in [6.45, 7) is 0. The number of aromatic nitrogens is 1. The maximum Gasteiger partial charge on any atom is 0.0879 e. The number of nitrogen functional groups attached to an aromatic ring is 1. The topological polar surface area (TPSA) is 38.9 Å². The van der Waals surface area contributed by atoms with Gasteiger partial charge in [-0.2, -0.15) is 0 Å². The van der Waals surface area contributed by atoms with E-state index in [2.05, 4.69) is 31.9 Å². The van der Waals surface area contributed by atoms with Crippen LogP contribution in [0.15, 0.2) is 21.1 Å². The molecule has 1 aliphatic rings. The summed E-state index contributed by atoms with van der Waals surface area (Å²) in [4.78, 5) is 4.84. The summed E-state index contributed by atoms with van der Waals surface area (Å²) in [6.07, 6.45) is 5.82. The molecule has 1 aromatic carbocycles. The fraction of sp³-hybridized carbons (Fsp3) is 0.357. The largest absolute Gasteiger partial charge is 0.398 e. The minimum absolute atomic E-state index is 0.907. The number of nitrogens with zero attached hydrogens (tertiary/aromatic N) is 1. The van der Waals surface area contributed by atoms with Gasteiger partial charge < -0.3 is 5.73 Å². The lowest BCUT2D eigenvalue weighted by Gasteiger charge is -2.14. The fourth-order valence-corrected chi connectivity index (χ4v) is 3.62. The predicted octanol–water partition coefficient (Wildman–Crippen LogP) is 4.61. The molecule has 0 unspecified atom stereocenters. The quantitative estimate of drug-likeness (QED) is 0.688. The molecule has 2 N–H and O–H groups in total. The Morgan fingerprint density at radius 3 is 2.56 bits per heavy atom. The van der Waals surface area contributed by atoms with Crippen molar-refractivity contribution in [3.63, 3.8) is 0 Å². The molecule has 0 aliphatic heterocycles. The Bertz CT molecular complexity index is 623. The normalized spacial score (nSPS) is 15.4. The molecular formula is C14H14Br2N2. The molecule has 0 fully saturated rings. The zero-order valence-corrected chi connectivity index (χ0v) is 13.1. The average Bonchev–Trinajstić information content (AvgIpc) is 2.59. The van der Waals surface area contributed by atoms with Crippen LogP contribution >= 0.6 is 31.9 Å². The smallest absolute Gasteiger partial charge is 0.0879 e. The van der Waals surface area contributed by atoms with Crippen molar-refractivity contribution in [3.05, 3.63) is 32.3 Å². The van der Waals surface area contributed by atoms with Gasteiger partial charge in [0.25, 0.3) is 0 Å². The lowest BCUT2D eigenvalue weighted by Crippen LogP contribution is -2.03. The third kappa shape index (κ3) is 1.95. The summed E-state index contributed by atoms with van der Waals surface area (Å²) < 4.78 is 2.04. The number of halogens is 2. The maximum atomic E-state index is 6.39. The molecule has 0 radical (unpaired) electrons. The van der Waals surface area contributed by atoms with Crippen molar-refractivity contribution in [1.82, 2.24) is 4.98 Å². The highest BCUT2D eigenvalue weighted by atomic mass is 79.9. The summed E-state index contributed by atoms with van der Waals surface area (Å²) >= 11 is 7.16. The first kappa shape index (κ1) is 12.4. The Morgan fingerprint density at radius 1 is 1.00 bits per heavy atom. The average molecular weight is 370 g/mol. The summed E-state index contributed by atoms with van der Waals surface area (Å²) in [5, 5.41) is 1.05. The number of rotatable bonds is 0. The molecule has 0 spiro atoms. The number of pyridine rings is 1. The molecule has 18 heavy (non-hydrogen) atoms. The summed E-state index contributed by atoms with van der Waals surface area (Å²) in [6, 6.07) is 4.04. The van der Waals surface area contributed by atoms with Crippen molar-refractivity contribution in [3.8, 4) is 0 Å². The van der Waals surface area contributed by atoms with Gasteiger partial charge in [-0.05, 0) is 59.3 Å². The highest BCUT2D eigenvalue weighted by Gasteiger charge is 2.17. The molecule has 0 bridgehead atoms. The molecule has 3 rings (SSSR count). The first-order valence-corrected chi connectivity index (χ1v) is 7.82. The predicted molar refractivity (Wildman–Crippen MR) is 82.8 cm³/mol. The summed E-state index contributed by atoms with van der Waals surface area (Å²) in [7, 11) is 0. The number of aryl methyl sites for hydroxylation is 1. The van der Waals surface area contributed by atoms with E-state index in [0.717, 1.165) is 38.4 Å². The van der Waals surface area contributed by atoms with Crippen molar-refractivity contribution in [1.29, 1.82) is 0 Å². The standard InChI is InChI=1S/C14H14Br2N2/c15-9-6-7-10(16)14-12(9)13(17)8-4-2-1-3-5-11(8)18-14/h6-7H,1-5H2,(H2,17,18). The van der Waals surface area contributed by atoms with E-state index in [1.807, 2.05) is 12.1 Å². The first-order chi connectivity index (χ1) is 8.68. The Labute approximate surface area is 123 Å². The van der Waals surface area contributed by atoms with Crippen molar-refractivity contribution in [2.24, 2.45) is 0 Å². The number of anilines is 1. The van der Waals surface area contributed by atoms with Crippen LogP contribution in [0.25, 0.3) is 10.9 Å². The van der Waals surface area contributed by atoms with Crippen LogP contribution in [0.3, 0.4) is 0 Å². The minimum Gasteiger partial charge on any atom is -0.398 e. The molecule has 94 valence electrons. The third-order valence-corrected chi connectivity index (χ3v) is 4.91. The number of benzene rings is 1. The van der Waals surface area contributed by atoms with E-state index in [1.54, 1.807) is 0 Å². The van der Waals surface area contributed by atoms with Crippen molar-refractivity contribution >= 4 is 48.5 Å². The highest BCUT2D eigenvalue weighted by Crippen LogP contribution is 2.37. The molecule has 1 aliphatic carbocycles. The molecule has 2 nitrogen and oxygen atoms in total. The van der Waals surface area contributed by atoms with Gasteiger partial charge in [-0.25, -0.2) is 0 Å². The van der Waals surface area contributed by atoms with Gasteiger partial charge >= 0.3 is 0 Å². The summed E-state index contributed by atoms with van der Waals surface area (Å²) in [5.74, 6) is 0.